The lowest BCUT2D eigenvalue weighted by Gasteiger charge is -2.28. The fourth-order valence-electron chi connectivity index (χ4n) is 1.86. The molecule has 0 spiro atoms. The molecule has 0 saturated carbocycles. The van der Waals surface area contributed by atoms with E-state index in [1.54, 1.807) is 32.0 Å². The van der Waals surface area contributed by atoms with E-state index in [0.29, 0.717) is 11.1 Å². The molecule has 1 atom stereocenters. The first-order chi connectivity index (χ1) is 10.1. The number of anilines is 1. The molecule has 0 saturated heterocycles. The number of thiol groups is 1. The van der Waals surface area contributed by atoms with E-state index < -0.39 is 26.7 Å². The summed E-state index contributed by atoms with van der Waals surface area (Å²) in [6.45, 7) is 3.36. The summed E-state index contributed by atoms with van der Waals surface area (Å²) < 4.78 is 29.1. The van der Waals surface area contributed by atoms with Gasteiger partial charge in [0.1, 0.15) is 11.6 Å². The second-order valence-electron chi connectivity index (χ2n) is 5.46. The van der Waals surface area contributed by atoms with Crippen molar-refractivity contribution < 1.29 is 17.6 Å². The molecule has 2 aromatic rings. The topological polar surface area (TPSA) is 101 Å². The zero-order valence-electron chi connectivity index (χ0n) is 12.3. The molecule has 9 heteroatoms. The van der Waals surface area contributed by atoms with Crippen molar-refractivity contribution in [2.24, 2.45) is 0 Å². The summed E-state index contributed by atoms with van der Waals surface area (Å²) in [6, 6.07) is 6.28. The second-order valence-corrected chi connectivity index (χ2v) is 8.36. The van der Waals surface area contributed by atoms with Crippen LogP contribution >= 0.6 is 12.6 Å². The Labute approximate surface area is 133 Å². The van der Waals surface area contributed by atoms with Crippen LogP contribution in [0.3, 0.4) is 0 Å². The molecule has 0 radical (unpaired) electrons. The number of para-hydroxylation sites is 2. The van der Waals surface area contributed by atoms with Crippen LogP contribution in [0.5, 0.6) is 0 Å². The van der Waals surface area contributed by atoms with Crippen LogP contribution in [0.25, 0.3) is 11.1 Å². The van der Waals surface area contributed by atoms with Crippen LogP contribution < -0.4 is 10.0 Å². The SMILES string of the molecule is CC(C)(S)C(Nc1nc2ccccc2o1)C(=O)NS(C)(=O)=O. The fraction of sp³-hybridized carbons (Fsp3) is 0.385. The molecule has 0 fully saturated rings. The Hall–Kier alpha value is -1.74. The van der Waals surface area contributed by atoms with Crippen molar-refractivity contribution in [1.82, 2.24) is 9.71 Å². The lowest BCUT2D eigenvalue weighted by molar-refractivity contribution is -0.120. The molecule has 7 nitrogen and oxygen atoms in total. The van der Waals surface area contributed by atoms with Crippen LogP contribution in [-0.2, 0) is 14.8 Å². The number of nitrogens with one attached hydrogen (secondary N) is 2. The highest BCUT2D eigenvalue weighted by atomic mass is 32.2. The fourth-order valence-corrected chi connectivity index (χ4v) is 2.53. The Balaban J connectivity index is 2.28. The highest BCUT2D eigenvalue weighted by Crippen LogP contribution is 2.24. The van der Waals surface area contributed by atoms with Gasteiger partial charge in [-0.3, -0.25) is 9.52 Å². The number of amides is 1. The van der Waals surface area contributed by atoms with Gasteiger partial charge < -0.3 is 9.73 Å². The molecule has 0 aliphatic carbocycles. The van der Waals surface area contributed by atoms with Crippen molar-refractivity contribution in [3.63, 3.8) is 0 Å². The monoisotopic (exact) mass is 343 g/mol. The Bertz CT molecular complexity index is 760. The van der Waals surface area contributed by atoms with E-state index in [9.17, 15) is 13.2 Å². The summed E-state index contributed by atoms with van der Waals surface area (Å²) in [6.07, 6.45) is 0.910. The van der Waals surface area contributed by atoms with Gasteiger partial charge in [-0.05, 0) is 26.0 Å². The Morgan fingerprint density at radius 3 is 2.55 bits per heavy atom. The molecule has 1 aromatic carbocycles. The molecule has 2 N–H and O–H groups in total. The van der Waals surface area contributed by atoms with Crippen molar-refractivity contribution in [2.45, 2.75) is 24.6 Å². The third-order valence-electron chi connectivity index (χ3n) is 2.82. The van der Waals surface area contributed by atoms with Gasteiger partial charge in [-0.1, -0.05) is 12.1 Å². The van der Waals surface area contributed by atoms with Crippen LogP contribution in [0.15, 0.2) is 28.7 Å². The highest BCUT2D eigenvalue weighted by molar-refractivity contribution is 7.89. The van der Waals surface area contributed by atoms with Crippen LogP contribution in [0, 0.1) is 0 Å². The summed E-state index contributed by atoms with van der Waals surface area (Å²) in [5.74, 6) is -0.732. The summed E-state index contributed by atoms with van der Waals surface area (Å²) in [5.41, 5.74) is 1.19. The second kappa shape index (κ2) is 5.81. The van der Waals surface area contributed by atoms with Gasteiger partial charge in [0, 0.05) is 4.75 Å². The largest absolute Gasteiger partial charge is 0.424 e. The van der Waals surface area contributed by atoms with Crippen LogP contribution in [-0.4, -0.2) is 36.4 Å². The van der Waals surface area contributed by atoms with Crippen molar-refractivity contribution in [2.75, 3.05) is 11.6 Å². The van der Waals surface area contributed by atoms with Gasteiger partial charge in [0.15, 0.2) is 5.58 Å². The number of benzene rings is 1. The number of carbonyl (C=O) groups excluding carboxylic acids is 1. The number of aromatic nitrogens is 1. The van der Waals surface area contributed by atoms with Gasteiger partial charge in [0.05, 0.1) is 6.26 Å². The lowest BCUT2D eigenvalue weighted by Crippen LogP contribution is -2.51. The minimum absolute atomic E-state index is 0.122. The number of carbonyl (C=O) groups is 1. The van der Waals surface area contributed by atoms with Gasteiger partial charge in [0.25, 0.3) is 11.9 Å². The van der Waals surface area contributed by atoms with E-state index in [0.717, 1.165) is 6.26 Å². The summed E-state index contributed by atoms with van der Waals surface area (Å²) in [7, 11) is -3.67. The van der Waals surface area contributed by atoms with E-state index >= 15 is 0 Å². The molecular weight excluding hydrogens is 326 g/mol. The third kappa shape index (κ3) is 4.14. The number of nitrogens with zero attached hydrogens (tertiary/aromatic N) is 1. The molecule has 120 valence electrons. The maximum absolute atomic E-state index is 12.2. The molecule has 1 aromatic heterocycles. The van der Waals surface area contributed by atoms with Gasteiger partial charge in [-0.25, -0.2) is 8.42 Å². The molecule has 0 bridgehead atoms. The van der Waals surface area contributed by atoms with Crippen LogP contribution in [0.4, 0.5) is 6.01 Å². The standard InChI is InChI=1S/C13H17N3O4S2/c1-13(2,21)10(11(17)16-22(3,18)19)15-12-14-8-6-4-5-7-9(8)20-12/h4-7,10,21H,1-3H3,(H,14,15)(H,16,17). The van der Waals surface area contributed by atoms with Crippen molar-refractivity contribution in [1.29, 1.82) is 0 Å². The number of sulfonamides is 1. The minimum atomic E-state index is -3.67. The van der Waals surface area contributed by atoms with Crippen molar-refractivity contribution in [3.05, 3.63) is 24.3 Å². The lowest BCUT2D eigenvalue weighted by atomic mass is 10.0. The predicted octanol–water partition coefficient (Wildman–Crippen LogP) is 1.39. The molecule has 1 amide bonds. The van der Waals surface area contributed by atoms with Crippen LogP contribution in [0.2, 0.25) is 0 Å². The molecule has 0 aliphatic rings. The van der Waals surface area contributed by atoms with Crippen LogP contribution in [0.1, 0.15) is 13.8 Å². The summed E-state index contributed by atoms with van der Waals surface area (Å²) >= 11 is 4.34. The average molecular weight is 343 g/mol. The number of hydrogen-bond donors (Lipinski definition) is 3. The zero-order valence-corrected chi connectivity index (χ0v) is 14.0. The average Bonchev–Trinajstić information content (AvgIpc) is 2.74. The normalized spacial score (nSPS) is 13.8. The summed E-state index contributed by atoms with van der Waals surface area (Å²) in [5, 5.41) is 2.80. The number of hydrogen-bond acceptors (Lipinski definition) is 7. The smallest absolute Gasteiger partial charge is 0.296 e. The van der Waals surface area contributed by atoms with E-state index in [-0.39, 0.29) is 6.01 Å². The predicted molar refractivity (Wildman–Crippen MR) is 87.5 cm³/mol. The van der Waals surface area contributed by atoms with Crippen molar-refractivity contribution in [3.8, 4) is 0 Å². The molecule has 2 rings (SSSR count). The number of fused-ring (bicyclic) bond motifs is 1. The molecule has 0 aliphatic heterocycles. The minimum Gasteiger partial charge on any atom is -0.424 e. The van der Waals surface area contributed by atoms with Gasteiger partial charge in [0.2, 0.25) is 10.0 Å². The first kappa shape index (κ1) is 16.6. The maximum Gasteiger partial charge on any atom is 0.296 e. The molecule has 22 heavy (non-hydrogen) atoms. The highest BCUT2D eigenvalue weighted by Gasteiger charge is 2.34. The zero-order chi connectivity index (χ0) is 16.5. The van der Waals surface area contributed by atoms with Gasteiger partial charge >= 0.3 is 0 Å². The summed E-state index contributed by atoms with van der Waals surface area (Å²) in [4.78, 5) is 16.4. The Morgan fingerprint density at radius 1 is 1.36 bits per heavy atom. The molecule has 1 heterocycles. The van der Waals surface area contributed by atoms with E-state index in [4.69, 9.17) is 4.42 Å². The van der Waals surface area contributed by atoms with E-state index in [1.807, 2.05) is 10.8 Å². The quantitative estimate of drug-likeness (QED) is 0.709. The third-order valence-corrected chi connectivity index (χ3v) is 3.65. The first-order valence-electron chi connectivity index (χ1n) is 6.42. The van der Waals surface area contributed by atoms with Gasteiger partial charge in [-0.2, -0.15) is 17.6 Å². The van der Waals surface area contributed by atoms with E-state index in [1.165, 1.54) is 0 Å². The number of oxazole rings is 1. The molecule has 1 unspecified atom stereocenters. The molecular formula is C13H17N3O4S2. The van der Waals surface area contributed by atoms with E-state index in [2.05, 4.69) is 22.9 Å². The van der Waals surface area contributed by atoms with Crippen molar-refractivity contribution >= 4 is 45.7 Å². The maximum atomic E-state index is 12.2. The Morgan fingerprint density at radius 2 is 2.00 bits per heavy atom. The number of rotatable bonds is 5. The first-order valence-corrected chi connectivity index (χ1v) is 8.76. The van der Waals surface area contributed by atoms with Gasteiger partial charge in [-0.15, -0.1) is 0 Å². The Kier molecular flexibility index (Phi) is 4.39.